The predicted octanol–water partition coefficient (Wildman–Crippen LogP) is 1.65. The van der Waals surface area contributed by atoms with E-state index in [1.54, 1.807) is 11.3 Å². The van der Waals surface area contributed by atoms with Crippen molar-refractivity contribution in [1.82, 2.24) is 4.90 Å². The minimum Gasteiger partial charge on any atom is -0.336 e. The maximum absolute atomic E-state index is 11.9. The van der Waals surface area contributed by atoms with E-state index in [1.807, 2.05) is 24.0 Å². The zero-order valence-corrected chi connectivity index (χ0v) is 10.2. The number of amides is 1. The summed E-state index contributed by atoms with van der Waals surface area (Å²) in [5, 5.41) is 0. The fourth-order valence-electron chi connectivity index (χ4n) is 1.68. The van der Waals surface area contributed by atoms with Crippen LogP contribution in [-0.2, 0) is 0 Å². The van der Waals surface area contributed by atoms with E-state index in [-0.39, 0.29) is 24.4 Å². The number of nitrogens with two attached hydrogens (primary N) is 1. The maximum Gasteiger partial charge on any atom is 0.263 e. The van der Waals surface area contributed by atoms with Crippen LogP contribution in [0.15, 0.2) is 12.1 Å². The fraction of sp³-hybridized carbons (Fsp3) is 0.500. The first kappa shape index (κ1) is 12.5. The average Bonchev–Trinajstić information content (AvgIpc) is 2.73. The van der Waals surface area contributed by atoms with Crippen molar-refractivity contribution < 1.29 is 4.79 Å². The normalized spacial score (nSPS) is 20.1. The highest BCUT2D eigenvalue weighted by atomic mass is 35.5. The van der Waals surface area contributed by atoms with Gasteiger partial charge in [-0.05, 0) is 25.5 Å². The summed E-state index contributed by atoms with van der Waals surface area (Å²) in [4.78, 5) is 15.7. The van der Waals surface area contributed by atoms with Crippen LogP contribution in [0.5, 0.6) is 0 Å². The average molecular weight is 247 g/mol. The third-order valence-electron chi connectivity index (χ3n) is 2.46. The van der Waals surface area contributed by atoms with Gasteiger partial charge in [0.2, 0.25) is 0 Å². The second-order valence-electron chi connectivity index (χ2n) is 3.71. The zero-order chi connectivity index (χ0) is 10.1. The Hall–Kier alpha value is -0.580. The second-order valence-corrected chi connectivity index (χ2v) is 5.00. The van der Waals surface area contributed by atoms with Crippen molar-refractivity contribution in [3.8, 4) is 0 Å². The lowest BCUT2D eigenvalue weighted by molar-refractivity contribution is 0.0795. The van der Waals surface area contributed by atoms with Crippen molar-refractivity contribution in [2.45, 2.75) is 19.4 Å². The van der Waals surface area contributed by atoms with Crippen LogP contribution in [-0.4, -0.2) is 29.9 Å². The van der Waals surface area contributed by atoms with Crippen molar-refractivity contribution in [3.63, 3.8) is 0 Å². The molecule has 1 fully saturated rings. The van der Waals surface area contributed by atoms with E-state index in [0.29, 0.717) is 6.54 Å². The lowest BCUT2D eigenvalue weighted by Gasteiger charge is -2.13. The lowest BCUT2D eigenvalue weighted by Crippen LogP contribution is -2.31. The summed E-state index contributed by atoms with van der Waals surface area (Å²) in [6, 6.07) is 4.04. The van der Waals surface area contributed by atoms with Crippen LogP contribution in [0, 0.1) is 6.92 Å². The first-order valence-electron chi connectivity index (χ1n) is 4.78. The van der Waals surface area contributed by atoms with Gasteiger partial charge in [0.05, 0.1) is 4.88 Å². The summed E-state index contributed by atoms with van der Waals surface area (Å²) >= 11 is 1.55. The third kappa shape index (κ3) is 2.71. The number of thiophene rings is 1. The largest absolute Gasteiger partial charge is 0.336 e. The molecule has 5 heteroatoms. The first-order chi connectivity index (χ1) is 6.66. The minimum atomic E-state index is 0. The van der Waals surface area contributed by atoms with E-state index in [4.69, 9.17) is 5.73 Å². The molecule has 0 unspecified atom stereocenters. The number of likely N-dealkylation sites (tertiary alicyclic amines) is 1. The van der Waals surface area contributed by atoms with Gasteiger partial charge in [-0.1, -0.05) is 0 Å². The molecule has 1 aliphatic heterocycles. The Labute approximate surface area is 99.7 Å². The number of hydrogen-bond donors (Lipinski definition) is 1. The smallest absolute Gasteiger partial charge is 0.263 e. The number of halogens is 1. The minimum absolute atomic E-state index is 0. The van der Waals surface area contributed by atoms with Crippen LogP contribution in [0.25, 0.3) is 0 Å². The molecule has 0 saturated carbocycles. The van der Waals surface area contributed by atoms with E-state index in [2.05, 4.69) is 0 Å². The van der Waals surface area contributed by atoms with Crippen LogP contribution in [0.2, 0.25) is 0 Å². The Morgan fingerprint density at radius 3 is 2.80 bits per heavy atom. The molecule has 0 bridgehead atoms. The van der Waals surface area contributed by atoms with Crippen LogP contribution in [0.4, 0.5) is 0 Å². The summed E-state index contributed by atoms with van der Waals surface area (Å²) in [6.45, 7) is 3.52. The Kier molecular flexibility index (Phi) is 4.13. The zero-order valence-electron chi connectivity index (χ0n) is 8.60. The molecule has 84 valence electrons. The molecule has 1 aromatic rings. The van der Waals surface area contributed by atoms with Gasteiger partial charge in [0.15, 0.2) is 0 Å². The summed E-state index contributed by atoms with van der Waals surface area (Å²) in [5.74, 6) is 0.135. The summed E-state index contributed by atoms with van der Waals surface area (Å²) in [6.07, 6.45) is 0.927. The Morgan fingerprint density at radius 1 is 1.60 bits per heavy atom. The van der Waals surface area contributed by atoms with Crippen molar-refractivity contribution in [1.29, 1.82) is 0 Å². The number of aryl methyl sites for hydroxylation is 1. The SMILES string of the molecule is Cc1ccc(C(=O)N2CC[C@H](N)C2)s1.Cl. The van der Waals surface area contributed by atoms with Gasteiger partial charge in [0.25, 0.3) is 5.91 Å². The van der Waals surface area contributed by atoms with Gasteiger partial charge in [0, 0.05) is 24.0 Å². The monoisotopic (exact) mass is 246 g/mol. The summed E-state index contributed by atoms with van der Waals surface area (Å²) in [5.41, 5.74) is 5.76. The second kappa shape index (κ2) is 4.96. The van der Waals surface area contributed by atoms with Gasteiger partial charge in [-0.3, -0.25) is 4.79 Å². The van der Waals surface area contributed by atoms with Crippen LogP contribution in [0.1, 0.15) is 21.0 Å². The number of nitrogens with zero attached hydrogens (tertiary/aromatic N) is 1. The fourth-order valence-corrected chi connectivity index (χ4v) is 2.51. The van der Waals surface area contributed by atoms with E-state index >= 15 is 0 Å². The molecule has 0 spiro atoms. The molecule has 1 atom stereocenters. The summed E-state index contributed by atoms with van der Waals surface area (Å²) in [7, 11) is 0. The molecular formula is C10H15ClN2OS. The van der Waals surface area contributed by atoms with Crippen molar-refractivity contribution in [2.24, 2.45) is 5.73 Å². The maximum atomic E-state index is 11.9. The highest BCUT2D eigenvalue weighted by Crippen LogP contribution is 2.19. The third-order valence-corrected chi connectivity index (χ3v) is 3.45. The quantitative estimate of drug-likeness (QED) is 0.819. The number of carbonyl (C=O) groups excluding carboxylic acids is 1. The van der Waals surface area contributed by atoms with Gasteiger partial charge in [-0.25, -0.2) is 0 Å². The first-order valence-corrected chi connectivity index (χ1v) is 5.60. The Balaban J connectivity index is 0.00000112. The molecule has 3 nitrogen and oxygen atoms in total. The van der Waals surface area contributed by atoms with E-state index in [1.165, 1.54) is 4.88 Å². The summed E-state index contributed by atoms with van der Waals surface area (Å²) < 4.78 is 0. The Morgan fingerprint density at radius 2 is 2.33 bits per heavy atom. The molecule has 2 N–H and O–H groups in total. The van der Waals surface area contributed by atoms with Gasteiger partial charge in [-0.15, -0.1) is 23.7 Å². The number of hydrogen-bond acceptors (Lipinski definition) is 3. The molecule has 2 heterocycles. The van der Waals surface area contributed by atoms with Crippen molar-refractivity contribution in [2.75, 3.05) is 13.1 Å². The molecule has 15 heavy (non-hydrogen) atoms. The van der Waals surface area contributed by atoms with Gasteiger partial charge in [0.1, 0.15) is 0 Å². The highest BCUT2D eigenvalue weighted by Gasteiger charge is 2.24. The number of rotatable bonds is 1. The van der Waals surface area contributed by atoms with Gasteiger partial charge >= 0.3 is 0 Å². The van der Waals surface area contributed by atoms with Gasteiger partial charge < -0.3 is 10.6 Å². The molecule has 1 aromatic heterocycles. The van der Waals surface area contributed by atoms with Crippen LogP contribution in [0.3, 0.4) is 0 Å². The number of carbonyl (C=O) groups is 1. The Bertz CT molecular complexity index is 353. The molecule has 1 aliphatic rings. The highest BCUT2D eigenvalue weighted by molar-refractivity contribution is 7.13. The molecule has 2 rings (SSSR count). The molecule has 0 aromatic carbocycles. The molecule has 1 saturated heterocycles. The van der Waals surface area contributed by atoms with E-state index in [9.17, 15) is 4.79 Å². The topological polar surface area (TPSA) is 46.3 Å². The van der Waals surface area contributed by atoms with E-state index in [0.717, 1.165) is 17.8 Å². The lowest BCUT2D eigenvalue weighted by atomic mass is 10.3. The predicted molar refractivity (Wildman–Crippen MR) is 64.8 cm³/mol. The molecule has 0 radical (unpaired) electrons. The van der Waals surface area contributed by atoms with Gasteiger partial charge in [-0.2, -0.15) is 0 Å². The van der Waals surface area contributed by atoms with Crippen molar-refractivity contribution >= 4 is 29.7 Å². The molecule has 0 aliphatic carbocycles. The van der Waals surface area contributed by atoms with Crippen molar-refractivity contribution in [3.05, 3.63) is 21.9 Å². The molecule has 1 amide bonds. The molecular weight excluding hydrogens is 232 g/mol. The standard InChI is InChI=1S/C10H14N2OS.ClH/c1-7-2-3-9(14-7)10(13)12-5-4-8(11)6-12;/h2-3,8H,4-6,11H2,1H3;1H/t8-;/m0./s1. The van der Waals surface area contributed by atoms with Crippen LogP contribution < -0.4 is 5.73 Å². The van der Waals surface area contributed by atoms with E-state index < -0.39 is 0 Å². The van der Waals surface area contributed by atoms with Crippen LogP contribution >= 0.6 is 23.7 Å².